The summed E-state index contributed by atoms with van der Waals surface area (Å²) in [5.74, 6) is -1.73. The van der Waals surface area contributed by atoms with Crippen LogP contribution in [0.1, 0.15) is 40.6 Å². The molecular formula is C27H20FN3O4. The van der Waals surface area contributed by atoms with E-state index in [0.29, 0.717) is 24.2 Å². The number of carbonyl (C=O) groups excluding carboxylic acids is 2. The van der Waals surface area contributed by atoms with E-state index in [1.165, 1.54) is 11.0 Å². The van der Waals surface area contributed by atoms with Crippen LogP contribution in [-0.4, -0.2) is 23.3 Å². The first-order chi connectivity index (χ1) is 16.9. The average Bonchev–Trinajstić information content (AvgIpc) is 3.25. The predicted octanol–water partition coefficient (Wildman–Crippen LogP) is 4.30. The van der Waals surface area contributed by atoms with Gasteiger partial charge in [-0.3, -0.25) is 19.3 Å². The quantitative estimate of drug-likeness (QED) is 0.447. The van der Waals surface area contributed by atoms with Crippen molar-refractivity contribution in [3.63, 3.8) is 0 Å². The number of hydrogen-bond donors (Lipinski definition) is 0. The second-order valence-electron chi connectivity index (χ2n) is 8.79. The predicted molar refractivity (Wildman–Crippen MR) is 128 cm³/mol. The first-order valence-electron chi connectivity index (χ1n) is 11.3. The molecule has 174 valence electrons. The Balaban J connectivity index is 1.79. The number of aryl methyl sites for hydroxylation is 1. The molecule has 0 N–H and O–H groups in total. The molecule has 0 bridgehead atoms. The lowest BCUT2D eigenvalue weighted by Gasteiger charge is -2.33. The Morgan fingerprint density at radius 3 is 2.63 bits per heavy atom. The highest BCUT2D eigenvalue weighted by atomic mass is 19.1. The number of rotatable bonds is 3. The molecule has 8 heteroatoms. The monoisotopic (exact) mass is 469 g/mol. The van der Waals surface area contributed by atoms with Crippen LogP contribution in [-0.2, 0) is 10.3 Å². The van der Waals surface area contributed by atoms with Gasteiger partial charge < -0.3 is 9.32 Å². The minimum absolute atomic E-state index is 0.0331. The number of hydrogen-bond acceptors (Lipinski definition) is 5. The maximum Gasteiger partial charge on any atom is 0.297 e. The van der Waals surface area contributed by atoms with Crippen molar-refractivity contribution >= 4 is 34.3 Å². The summed E-state index contributed by atoms with van der Waals surface area (Å²) in [5.41, 5.74) is -0.564. The Morgan fingerprint density at radius 2 is 1.86 bits per heavy atom. The van der Waals surface area contributed by atoms with Crippen LogP contribution in [0.3, 0.4) is 0 Å². The van der Waals surface area contributed by atoms with Crippen LogP contribution < -0.4 is 15.2 Å². The first kappa shape index (κ1) is 21.2. The molecule has 6 rings (SSSR count). The summed E-state index contributed by atoms with van der Waals surface area (Å²) in [6.45, 7) is 4.18. The van der Waals surface area contributed by atoms with Gasteiger partial charge in [0, 0.05) is 18.3 Å². The van der Waals surface area contributed by atoms with Crippen LogP contribution in [0, 0.1) is 12.7 Å². The molecule has 0 radical (unpaired) electrons. The topological polar surface area (TPSA) is 83.7 Å². The third-order valence-electron chi connectivity index (χ3n) is 6.66. The van der Waals surface area contributed by atoms with Gasteiger partial charge in [0.1, 0.15) is 17.2 Å². The molecule has 2 aromatic heterocycles. The van der Waals surface area contributed by atoms with Crippen molar-refractivity contribution in [2.24, 2.45) is 0 Å². The molecule has 4 aromatic rings. The molecule has 0 saturated carbocycles. The van der Waals surface area contributed by atoms with Gasteiger partial charge in [-0.2, -0.15) is 0 Å². The molecule has 4 heterocycles. The third kappa shape index (κ3) is 2.65. The number of halogens is 1. The number of anilines is 2. The fraction of sp³-hybridized carbons (Fsp3) is 0.185. The lowest BCUT2D eigenvalue weighted by atomic mass is 9.84. The molecule has 1 spiro atoms. The van der Waals surface area contributed by atoms with Gasteiger partial charge in [-0.05, 0) is 55.3 Å². The van der Waals surface area contributed by atoms with Gasteiger partial charge in [0.2, 0.25) is 5.76 Å². The van der Waals surface area contributed by atoms with Gasteiger partial charge in [-0.1, -0.05) is 25.1 Å². The number of pyridine rings is 1. The first-order valence-corrected chi connectivity index (χ1v) is 11.3. The Morgan fingerprint density at radius 1 is 1.06 bits per heavy atom. The molecule has 2 aliphatic rings. The van der Waals surface area contributed by atoms with Gasteiger partial charge in [-0.15, -0.1) is 0 Å². The molecule has 2 amide bonds. The van der Waals surface area contributed by atoms with Gasteiger partial charge in [0.25, 0.3) is 11.8 Å². The second kappa shape index (κ2) is 7.33. The Labute approximate surface area is 199 Å². The minimum Gasteiger partial charge on any atom is -0.450 e. The summed E-state index contributed by atoms with van der Waals surface area (Å²) >= 11 is 0. The molecule has 2 aliphatic heterocycles. The maximum atomic E-state index is 14.4. The maximum absolute atomic E-state index is 14.4. The van der Waals surface area contributed by atoms with Crippen LogP contribution in [0.5, 0.6) is 0 Å². The largest absolute Gasteiger partial charge is 0.450 e. The molecule has 1 unspecified atom stereocenters. The van der Waals surface area contributed by atoms with E-state index in [-0.39, 0.29) is 28.1 Å². The van der Waals surface area contributed by atoms with Gasteiger partial charge in [0.05, 0.1) is 16.6 Å². The SMILES string of the molecule is CCCN1C(=O)C2(c3ccccc31)c1c(oc3ccc(F)cc3c1=O)C(=O)N2c1cc(C)ccn1. The zero-order chi connectivity index (χ0) is 24.5. The lowest BCUT2D eigenvalue weighted by molar-refractivity contribution is -0.121. The summed E-state index contributed by atoms with van der Waals surface area (Å²) in [6.07, 6.45) is 2.21. The number of para-hydroxylation sites is 1. The van der Waals surface area contributed by atoms with E-state index < -0.39 is 28.6 Å². The van der Waals surface area contributed by atoms with Crippen LogP contribution in [0.25, 0.3) is 11.0 Å². The lowest BCUT2D eigenvalue weighted by Crippen LogP contribution is -2.54. The molecule has 1 atom stereocenters. The zero-order valence-electron chi connectivity index (χ0n) is 19.0. The van der Waals surface area contributed by atoms with Crippen LogP contribution in [0.4, 0.5) is 15.9 Å². The van der Waals surface area contributed by atoms with Crippen molar-refractivity contribution in [1.29, 1.82) is 0 Å². The second-order valence-corrected chi connectivity index (χ2v) is 8.79. The molecule has 0 fully saturated rings. The average molecular weight is 469 g/mol. The fourth-order valence-electron chi connectivity index (χ4n) is 5.27. The van der Waals surface area contributed by atoms with E-state index in [2.05, 4.69) is 4.98 Å². The van der Waals surface area contributed by atoms with Gasteiger partial charge >= 0.3 is 0 Å². The number of benzene rings is 2. The Kier molecular flexibility index (Phi) is 4.45. The number of nitrogens with zero attached hydrogens (tertiary/aromatic N) is 3. The van der Waals surface area contributed by atoms with Gasteiger partial charge in [-0.25, -0.2) is 9.37 Å². The van der Waals surface area contributed by atoms with E-state index in [1.54, 1.807) is 47.5 Å². The van der Waals surface area contributed by atoms with E-state index in [1.807, 2.05) is 13.8 Å². The van der Waals surface area contributed by atoms with Crippen molar-refractivity contribution in [3.8, 4) is 0 Å². The summed E-state index contributed by atoms with van der Waals surface area (Å²) in [6, 6.07) is 14.1. The van der Waals surface area contributed by atoms with Crippen molar-refractivity contribution in [3.05, 3.63) is 99.3 Å². The highest BCUT2D eigenvalue weighted by Crippen LogP contribution is 2.53. The summed E-state index contributed by atoms with van der Waals surface area (Å²) in [5, 5.41) is -0.0331. The van der Waals surface area contributed by atoms with Crippen molar-refractivity contribution in [1.82, 2.24) is 4.98 Å². The van der Waals surface area contributed by atoms with Crippen LogP contribution in [0.15, 0.2) is 70.0 Å². The highest BCUT2D eigenvalue weighted by Gasteiger charge is 2.65. The minimum atomic E-state index is -1.82. The standard InChI is InChI=1S/C27H20FN3O4/c1-3-12-30-19-7-5-4-6-18(19)27(26(30)34)22-23(32)17-14-16(28)8-9-20(17)35-24(22)25(33)31(27)21-13-15(2)10-11-29-21/h4-11,13-14H,3,12H2,1-2H3. The van der Waals surface area contributed by atoms with E-state index in [4.69, 9.17) is 4.42 Å². The molecule has 2 aromatic carbocycles. The summed E-state index contributed by atoms with van der Waals surface area (Å²) < 4.78 is 20.1. The molecule has 7 nitrogen and oxygen atoms in total. The summed E-state index contributed by atoms with van der Waals surface area (Å²) in [4.78, 5) is 49.5. The van der Waals surface area contributed by atoms with Crippen molar-refractivity contribution in [2.75, 3.05) is 16.3 Å². The van der Waals surface area contributed by atoms with Crippen molar-refractivity contribution < 1.29 is 18.4 Å². The zero-order valence-corrected chi connectivity index (χ0v) is 19.0. The fourth-order valence-corrected chi connectivity index (χ4v) is 5.27. The molecule has 0 aliphatic carbocycles. The smallest absolute Gasteiger partial charge is 0.297 e. The van der Waals surface area contributed by atoms with Crippen molar-refractivity contribution in [2.45, 2.75) is 25.8 Å². The van der Waals surface area contributed by atoms with E-state index >= 15 is 0 Å². The number of aromatic nitrogens is 1. The Hall–Kier alpha value is -4.33. The third-order valence-corrected chi connectivity index (χ3v) is 6.66. The van der Waals surface area contributed by atoms with Gasteiger partial charge in [0.15, 0.2) is 11.0 Å². The molecular weight excluding hydrogens is 449 g/mol. The number of carbonyl (C=O) groups is 2. The summed E-state index contributed by atoms with van der Waals surface area (Å²) in [7, 11) is 0. The molecule has 0 saturated heterocycles. The Bertz CT molecular complexity index is 1630. The van der Waals surface area contributed by atoms with Crippen LogP contribution >= 0.6 is 0 Å². The molecule has 35 heavy (non-hydrogen) atoms. The number of amides is 2. The van der Waals surface area contributed by atoms with E-state index in [0.717, 1.165) is 17.7 Å². The normalized spacial score (nSPS) is 18.6. The van der Waals surface area contributed by atoms with Crippen LogP contribution in [0.2, 0.25) is 0 Å². The van der Waals surface area contributed by atoms with E-state index in [9.17, 15) is 18.8 Å². The highest BCUT2D eigenvalue weighted by molar-refractivity contribution is 6.24. The number of fused-ring (bicyclic) bond motifs is 5.